The number of epoxide rings is 1. The van der Waals surface area contributed by atoms with Gasteiger partial charge in [-0.05, 0) is 46.3 Å². The zero-order valence-electron chi connectivity index (χ0n) is 10.7. The molecule has 1 aliphatic carbocycles. The fourth-order valence-corrected chi connectivity index (χ4v) is 4.62. The van der Waals surface area contributed by atoms with E-state index in [0.29, 0.717) is 6.10 Å². The van der Waals surface area contributed by atoms with E-state index in [4.69, 9.17) is 9.16 Å². The van der Waals surface area contributed by atoms with Gasteiger partial charge in [0.15, 0.2) is 8.32 Å². The summed E-state index contributed by atoms with van der Waals surface area (Å²) in [6.07, 6.45) is 5.37. The van der Waals surface area contributed by atoms with Gasteiger partial charge in [0, 0.05) is 0 Å². The van der Waals surface area contributed by atoms with Gasteiger partial charge in [0.1, 0.15) is 5.60 Å². The summed E-state index contributed by atoms with van der Waals surface area (Å²) in [6, 6.07) is 0. The van der Waals surface area contributed by atoms with Gasteiger partial charge < -0.3 is 9.16 Å². The molecular weight excluding hydrogens is 204 g/mol. The average Bonchev–Trinajstić information content (AvgIpc) is 2.55. The van der Waals surface area contributed by atoms with Crippen LogP contribution in [0.3, 0.4) is 0 Å². The lowest BCUT2D eigenvalue weighted by Crippen LogP contribution is -2.51. The summed E-state index contributed by atoms with van der Waals surface area (Å²) in [7, 11) is -1.47. The molecule has 0 bridgehead atoms. The molecule has 0 N–H and O–H groups in total. The van der Waals surface area contributed by atoms with Crippen LogP contribution >= 0.6 is 0 Å². The highest BCUT2D eigenvalue weighted by Crippen LogP contribution is 2.55. The van der Waals surface area contributed by atoms with E-state index in [9.17, 15) is 0 Å². The highest BCUT2D eigenvalue weighted by Gasteiger charge is 2.65. The SMILES string of the molecule is C[C@H]1O[C@]1(C)C1(O[Si](C)(C)C)CCCC1. The number of rotatable bonds is 3. The van der Waals surface area contributed by atoms with E-state index in [2.05, 4.69) is 33.5 Å². The van der Waals surface area contributed by atoms with Gasteiger partial charge in [0.25, 0.3) is 0 Å². The molecular formula is C12H24O2Si. The van der Waals surface area contributed by atoms with Crippen molar-refractivity contribution in [3.05, 3.63) is 0 Å². The van der Waals surface area contributed by atoms with Gasteiger partial charge in [-0.25, -0.2) is 0 Å². The zero-order valence-corrected chi connectivity index (χ0v) is 11.7. The first kappa shape index (κ1) is 11.6. The van der Waals surface area contributed by atoms with Crippen LogP contribution < -0.4 is 0 Å². The Hall–Kier alpha value is 0.137. The monoisotopic (exact) mass is 228 g/mol. The smallest absolute Gasteiger partial charge is 0.184 e. The Labute approximate surface area is 94.5 Å². The Morgan fingerprint density at radius 3 is 2.00 bits per heavy atom. The number of hydrogen-bond acceptors (Lipinski definition) is 2. The number of ether oxygens (including phenoxy) is 1. The molecule has 1 saturated heterocycles. The fourth-order valence-electron chi connectivity index (χ4n) is 3.04. The molecule has 0 aromatic heterocycles. The second-order valence-electron chi connectivity index (χ2n) is 6.28. The third-order valence-electron chi connectivity index (χ3n) is 3.96. The largest absolute Gasteiger partial charge is 0.409 e. The predicted molar refractivity (Wildman–Crippen MR) is 64.6 cm³/mol. The van der Waals surface area contributed by atoms with Crippen molar-refractivity contribution in [2.24, 2.45) is 0 Å². The molecule has 1 saturated carbocycles. The molecule has 1 heterocycles. The third-order valence-corrected chi connectivity index (χ3v) is 4.96. The molecule has 0 unspecified atom stereocenters. The zero-order chi connectivity index (χ0) is 11.3. The molecule has 15 heavy (non-hydrogen) atoms. The summed E-state index contributed by atoms with van der Waals surface area (Å²) < 4.78 is 12.3. The van der Waals surface area contributed by atoms with Gasteiger partial charge >= 0.3 is 0 Å². The summed E-state index contributed by atoms with van der Waals surface area (Å²) in [5, 5.41) is 0. The van der Waals surface area contributed by atoms with Gasteiger partial charge in [0.2, 0.25) is 0 Å². The first-order valence-corrected chi connectivity index (χ1v) is 9.58. The normalized spacial score (nSPS) is 39.4. The van der Waals surface area contributed by atoms with Gasteiger partial charge in [-0.2, -0.15) is 0 Å². The van der Waals surface area contributed by atoms with Crippen molar-refractivity contribution in [3.63, 3.8) is 0 Å². The molecule has 2 aliphatic rings. The second kappa shape index (κ2) is 3.31. The number of hydrogen-bond donors (Lipinski definition) is 0. The lowest BCUT2D eigenvalue weighted by atomic mass is 9.85. The minimum Gasteiger partial charge on any atom is -0.409 e. The maximum absolute atomic E-state index is 6.50. The Morgan fingerprint density at radius 2 is 1.67 bits per heavy atom. The highest BCUT2D eigenvalue weighted by atomic mass is 28.4. The van der Waals surface area contributed by atoms with Crippen molar-refractivity contribution in [2.75, 3.05) is 0 Å². The summed E-state index contributed by atoms with van der Waals surface area (Å²) in [6.45, 7) is 11.3. The highest BCUT2D eigenvalue weighted by molar-refractivity contribution is 6.69. The molecule has 0 spiro atoms. The molecule has 2 nitrogen and oxygen atoms in total. The predicted octanol–water partition coefficient (Wildman–Crippen LogP) is 3.33. The molecule has 3 heteroatoms. The van der Waals surface area contributed by atoms with E-state index in [1.807, 2.05) is 0 Å². The Bertz CT molecular complexity index is 253. The van der Waals surface area contributed by atoms with Gasteiger partial charge in [-0.3, -0.25) is 0 Å². The lowest BCUT2D eigenvalue weighted by molar-refractivity contribution is -0.00746. The van der Waals surface area contributed by atoms with Crippen molar-refractivity contribution in [1.82, 2.24) is 0 Å². The molecule has 88 valence electrons. The molecule has 1 aliphatic heterocycles. The molecule has 0 aromatic rings. The second-order valence-corrected chi connectivity index (χ2v) is 10.7. The van der Waals surface area contributed by atoms with Crippen LogP contribution in [-0.4, -0.2) is 25.6 Å². The minimum atomic E-state index is -1.47. The van der Waals surface area contributed by atoms with Crippen molar-refractivity contribution < 1.29 is 9.16 Å². The first-order valence-electron chi connectivity index (χ1n) is 6.17. The van der Waals surface area contributed by atoms with Crippen molar-refractivity contribution >= 4 is 8.32 Å². The summed E-state index contributed by atoms with van der Waals surface area (Å²) in [4.78, 5) is 0. The van der Waals surface area contributed by atoms with Gasteiger partial charge in [-0.1, -0.05) is 12.8 Å². The summed E-state index contributed by atoms with van der Waals surface area (Å²) in [5.74, 6) is 0. The molecule has 0 radical (unpaired) electrons. The topological polar surface area (TPSA) is 21.8 Å². The van der Waals surface area contributed by atoms with Crippen LogP contribution in [0, 0.1) is 0 Å². The van der Waals surface area contributed by atoms with E-state index < -0.39 is 8.32 Å². The maximum atomic E-state index is 6.50. The molecule has 0 amide bonds. The quantitative estimate of drug-likeness (QED) is 0.546. The van der Waals surface area contributed by atoms with Gasteiger partial charge in [0.05, 0.1) is 11.7 Å². The van der Waals surface area contributed by atoms with Crippen LogP contribution in [0.15, 0.2) is 0 Å². The van der Waals surface area contributed by atoms with Crippen LogP contribution in [0.25, 0.3) is 0 Å². The standard InChI is InChI=1S/C12H24O2Si/c1-10-11(2,13-10)12(8-6-7-9-12)14-15(3,4)5/h10H,6-9H2,1-5H3/t10-,11+/m1/s1. The van der Waals surface area contributed by atoms with Gasteiger partial charge in [-0.15, -0.1) is 0 Å². The average molecular weight is 228 g/mol. The minimum absolute atomic E-state index is 0.00375. The lowest BCUT2D eigenvalue weighted by Gasteiger charge is -2.39. The molecule has 2 fully saturated rings. The Kier molecular flexibility index (Phi) is 2.57. The Morgan fingerprint density at radius 1 is 1.20 bits per heavy atom. The molecule has 2 rings (SSSR count). The van der Waals surface area contributed by atoms with Crippen LogP contribution in [0.2, 0.25) is 19.6 Å². The Balaban J connectivity index is 2.18. The van der Waals surface area contributed by atoms with Crippen LogP contribution in [0.4, 0.5) is 0 Å². The summed E-state index contributed by atoms with van der Waals surface area (Å²) >= 11 is 0. The van der Waals surface area contributed by atoms with E-state index in [1.165, 1.54) is 25.7 Å². The van der Waals surface area contributed by atoms with Crippen molar-refractivity contribution in [3.8, 4) is 0 Å². The van der Waals surface area contributed by atoms with Crippen LogP contribution in [0.5, 0.6) is 0 Å². The molecule has 2 atom stereocenters. The van der Waals surface area contributed by atoms with E-state index in [0.717, 1.165) is 0 Å². The van der Waals surface area contributed by atoms with Crippen molar-refractivity contribution in [1.29, 1.82) is 0 Å². The third kappa shape index (κ3) is 1.90. The molecule has 0 aromatic carbocycles. The van der Waals surface area contributed by atoms with E-state index in [1.54, 1.807) is 0 Å². The maximum Gasteiger partial charge on any atom is 0.184 e. The van der Waals surface area contributed by atoms with Crippen molar-refractivity contribution in [2.45, 2.75) is 76.5 Å². The summed E-state index contributed by atoms with van der Waals surface area (Å²) in [5.41, 5.74) is 0.0423. The van der Waals surface area contributed by atoms with E-state index in [-0.39, 0.29) is 11.2 Å². The van der Waals surface area contributed by atoms with E-state index >= 15 is 0 Å². The fraction of sp³-hybridized carbons (Fsp3) is 1.00. The van der Waals surface area contributed by atoms with Crippen LogP contribution in [-0.2, 0) is 9.16 Å². The van der Waals surface area contributed by atoms with Crippen LogP contribution in [0.1, 0.15) is 39.5 Å². The first-order chi connectivity index (χ1) is 6.79.